The Bertz CT molecular complexity index is 169. The highest BCUT2D eigenvalue weighted by molar-refractivity contribution is 4.79. The summed E-state index contributed by atoms with van der Waals surface area (Å²) in [4.78, 5) is 2.37. The van der Waals surface area contributed by atoms with Crippen LogP contribution in [0, 0.1) is 5.92 Å². The molecule has 0 aliphatic heterocycles. The third-order valence-electron chi connectivity index (χ3n) is 3.67. The van der Waals surface area contributed by atoms with Gasteiger partial charge < -0.3 is 15.7 Å². The lowest BCUT2D eigenvalue weighted by atomic mass is 9.95. The van der Waals surface area contributed by atoms with Gasteiger partial charge in [0.2, 0.25) is 0 Å². The van der Waals surface area contributed by atoms with E-state index < -0.39 is 0 Å². The van der Waals surface area contributed by atoms with Crippen LogP contribution in [0.1, 0.15) is 45.4 Å². The van der Waals surface area contributed by atoms with Crippen LogP contribution in [0.2, 0.25) is 0 Å². The number of aliphatic hydroxyl groups is 1. The molecule has 1 rings (SSSR count). The van der Waals surface area contributed by atoms with Crippen LogP contribution >= 0.6 is 0 Å². The molecule has 96 valence electrons. The van der Waals surface area contributed by atoms with Crippen LogP contribution in [0.5, 0.6) is 0 Å². The Balaban J connectivity index is 2.40. The smallest absolute Gasteiger partial charge is 0.0558 e. The van der Waals surface area contributed by atoms with Crippen LogP contribution in [-0.4, -0.2) is 42.3 Å². The fourth-order valence-corrected chi connectivity index (χ4v) is 2.72. The Kier molecular flexibility index (Phi) is 7.01. The topological polar surface area (TPSA) is 49.5 Å². The standard InChI is InChI=1S/C13H28N2O/c1-2-8-15(9-10-16)11-12-6-4-3-5-7-13(12)14/h12-13,16H,2-11,14H2,1H3. The van der Waals surface area contributed by atoms with Gasteiger partial charge in [0.1, 0.15) is 0 Å². The van der Waals surface area contributed by atoms with Crippen molar-refractivity contribution in [1.29, 1.82) is 0 Å². The molecule has 0 saturated heterocycles. The number of hydrogen-bond donors (Lipinski definition) is 2. The first kappa shape index (κ1) is 13.9. The zero-order valence-corrected chi connectivity index (χ0v) is 10.7. The monoisotopic (exact) mass is 228 g/mol. The molecule has 0 radical (unpaired) electrons. The molecule has 3 N–H and O–H groups in total. The minimum absolute atomic E-state index is 0.266. The quantitative estimate of drug-likeness (QED) is 0.679. The van der Waals surface area contributed by atoms with Crippen LogP contribution in [0.4, 0.5) is 0 Å². The molecule has 3 heteroatoms. The number of nitrogens with zero attached hydrogens (tertiary/aromatic N) is 1. The first-order valence-electron chi connectivity index (χ1n) is 6.86. The molecule has 0 bridgehead atoms. The zero-order chi connectivity index (χ0) is 11.8. The van der Waals surface area contributed by atoms with Gasteiger partial charge in [0.25, 0.3) is 0 Å². The predicted octanol–water partition coefficient (Wildman–Crippen LogP) is 1.60. The van der Waals surface area contributed by atoms with Crippen molar-refractivity contribution >= 4 is 0 Å². The SMILES string of the molecule is CCCN(CCO)CC1CCCCCC1N. The normalized spacial score (nSPS) is 27.0. The Morgan fingerprint density at radius 3 is 2.62 bits per heavy atom. The predicted molar refractivity (Wildman–Crippen MR) is 68.4 cm³/mol. The molecule has 1 fully saturated rings. The average Bonchev–Trinajstić information content (AvgIpc) is 2.45. The second kappa shape index (κ2) is 8.04. The minimum atomic E-state index is 0.266. The Hall–Kier alpha value is -0.120. The largest absolute Gasteiger partial charge is 0.395 e. The summed E-state index contributed by atoms with van der Waals surface area (Å²) >= 11 is 0. The Morgan fingerprint density at radius 2 is 1.94 bits per heavy atom. The molecule has 3 nitrogen and oxygen atoms in total. The van der Waals surface area contributed by atoms with Gasteiger partial charge in [-0.25, -0.2) is 0 Å². The molecule has 0 spiro atoms. The molecule has 1 aliphatic rings. The number of rotatable bonds is 6. The van der Waals surface area contributed by atoms with Crippen LogP contribution < -0.4 is 5.73 Å². The summed E-state index contributed by atoms with van der Waals surface area (Å²) in [5.74, 6) is 0.639. The van der Waals surface area contributed by atoms with Crippen molar-refractivity contribution in [3.63, 3.8) is 0 Å². The van der Waals surface area contributed by atoms with Gasteiger partial charge in [-0.05, 0) is 31.7 Å². The van der Waals surface area contributed by atoms with E-state index in [0.29, 0.717) is 12.0 Å². The summed E-state index contributed by atoms with van der Waals surface area (Å²) in [6.07, 6.45) is 7.58. The maximum absolute atomic E-state index is 9.04. The lowest BCUT2D eigenvalue weighted by molar-refractivity contribution is 0.163. The maximum atomic E-state index is 9.04. The fraction of sp³-hybridized carbons (Fsp3) is 1.00. The molecule has 0 amide bonds. The molecule has 0 aromatic heterocycles. The number of nitrogens with two attached hydrogens (primary N) is 1. The summed E-state index contributed by atoms with van der Waals surface area (Å²) in [5, 5.41) is 9.04. The van der Waals surface area contributed by atoms with Crippen LogP contribution in [0.15, 0.2) is 0 Å². The van der Waals surface area contributed by atoms with E-state index in [9.17, 15) is 0 Å². The van der Waals surface area contributed by atoms with Gasteiger partial charge in [-0.3, -0.25) is 0 Å². The van der Waals surface area contributed by atoms with E-state index in [1.807, 2.05) is 0 Å². The zero-order valence-electron chi connectivity index (χ0n) is 10.7. The van der Waals surface area contributed by atoms with E-state index in [0.717, 1.165) is 26.1 Å². The molecule has 0 aromatic rings. The van der Waals surface area contributed by atoms with E-state index in [4.69, 9.17) is 10.8 Å². The van der Waals surface area contributed by atoms with Gasteiger partial charge in [-0.2, -0.15) is 0 Å². The molecular weight excluding hydrogens is 200 g/mol. The van der Waals surface area contributed by atoms with Crippen LogP contribution in [-0.2, 0) is 0 Å². The summed E-state index contributed by atoms with van der Waals surface area (Å²) < 4.78 is 0. The molecule has 16 heavy (non-hydrogen) atoms. The van der Waals surface area contributed by atoms with Gasteiger partial charge in [0, 0.05) is 19.1 Å². The fourth-order valence-electron chi connectivity index (χ4n) is 2.72. The molecule has 2 unspecified atom stereocenters. The lowest BCUT2D eigenvalue weighted by Gasteiger charge is -2.29. The highest BCUT2D eigenvalue weighted by Gasteiger charge is 2.22. The Labute approximate surface area is 100 Å². The Morgan fingerprint density at radius 1 is 1.19 bits per heavy atom. The van der Waals surface area contributed by atoms with E-state index in [2.05, 4.69) is 11.8 Å². The van der Waals surface area contributed by atoms with E-state index in [-0.39, 0.29) is 6.61 Å². The van der Waals surface area contributed by atoms with Crippen molar-refractivity contribution in [2.75, 3.05) is 26.2 Å². The second-order valence-electron chi connectivity index (χ2n) is 5.09. The maximum Gasteiger partial charge on any atom is 0.0558 e. The van der Waals surface area contributed by atoms with Gasteiger partial charge in [-0.15, -0.1) is 0 Å². The van der Waals surface area contributed by atoms with Gasteiger partial charge in [0.05, 0.1) is 6.61 Å². The molecule has 1 saturated carbocycles. The number of hydrogen-bond acceptors (Lipinski definition) is 3. The van der Waals surface area contributed by atoms with Crippen molar-refractivity contribution in [2.45, 2.75) is 51.5 Å². The highest BCUT2D eigenvalue weighted by atomic mass is 16.3. The second-order valence-corrected chi connectivity index (χ2v) is 5.09. The first-order valence-corrected chi connectivity index (χ1v) is 6.86. The minimum Gasteiger partial charge on any atom is -0.395 e. The molecule has 2 atom stereocenters. The average molecular weight is 228 g/mol. The van der Waals surface area contributed by atoms with Crippen molar-refractivity contribution in [3.8, 4) is 0 Å². The van der Waals surface area contributed by atoms with Crippen molar-refractivity contribution in [3.05, 3.63) is 0 Å². The highest BCUT2D eigenvalue weighted by Crippen LogP contribution is 2.23. The third-order valence-corrected chi connectivity index (χ3v) is 3.67. The van der Waals surface area contributed by atoms with E-state index >= 15 is 0 Å². The van der Waals surface area contributed by atoms with E-state index in [1.54, 1.807) is 0 Å². The van der Waals surface area contributed by atoms with Crippen molar-refractivity contribution in [1.82, 2.24) is 4.90 Å². The first-order chi connectivity index (χ1) is 7.77. The lowest BCUT2D eigenvalue weighted by Crippen LogP contribution is -2.40. The van der Waals surface area contributed by atoms with Crippen LogP contribution in [0.25, 0.3) is 0 Å². The summed E-state index contributed by atoms with van der Waals surface area (Å²) in [5.41, 5.74) is 6.23. The number of aliphatic hydroxyl groups excluding tert-OH is 1. The van der Waals surface area contributed by atoms with Crippen molar-refractivity contribution in [2.24, 2.45) is 11.7 Å². The third kappa shape index (κ3) is 4.81. The molecule has 0 aromatic carbocycles. The molecule has 1 aliphatic carbocycles. The molecular formula is C13H28N2O. The van der Waals surface area contributed by atoms with Gasteiger partial charge >= 0.3 is 0 Å². The van der Waals surface area contributed by atoms with Gasteiger partial charge in [-0.1, -0.05) is 26.2 Å². The molecule has 0 heterocycles. The van der Waals surface area contributed by atoms with Crippen LogP contribution in [0.3, 0.4) is 0 Å². The summed E-state index contributed by atoms with van der Waals surface area (Å²) in [6, 6.07) is 0.376. The summed E-state index contributed by atoms with van der Waals surface area (Å²) in [6.45, 7) is 5.43. The van der Waals surface area contributed by atoms with Gasteiger partial charge in [0.15, 0.2) is 0 Å². The van der Waals surface area contributed by atoms with E-state index in [1.165, 1.54) is 32.1 Å². The van der Waals surface area contributed by atoms with Crippen molar-refractivity contribution < 1.29 is 5.11 Å². The summed E-state index contributed by atoms with van der Waals surface area (Å²) in [7, 11) is 0.